The molecule has 0 bridgehead atoms. The van der Waals surface area contributed by atoms with Crippen molar-refractivity contribution in [2.75, 3.05) is 18.2 Å². The lowest BCUT2D eigenvalue weighted by atomic mass is 10.1. The van der Waals surface area contributed by atoms with E-state index in [9.17, 15) is 4.21 Å². The Morgan fingerprint density at radius 2 is 2.29 bits per heavy atom. The van der Waals surface area contributed by atoms with Crippen LogP contribution in [0, 0.1) is 5.92 Å². The summed E-state index contributed by atoms with van der Waals surface area (Å²) in [5, 5.41) is 0. The van der Waals surface area contributed by atoms with Gasteiger partial charge in [0.05, 0.1) is 11.0 Å². The standard InChI is InChI=1S/C9H19ClN2OS/c10-4-1-5-14(13)12-7-8-2-3-9(11)6-8/h8-9,12H,1-7,11H2. The molecule has 1 aliphatic carbocycles. The van der Waals surface area contributed by atoms with Gasteiger partial charge in [-0.2, -0.15) is 0 Å². The van der Waals surface area contributed by atoms with Crippen molar-refractivity contribution in [3.8, 4) is 0 Å². The van der Waals surface area contributed by atoms with E-state index >= 15 is 0 Å². The highest BCUT2D eigenvalue weighted by atomic mass is 35.5. The Balaban J connectivity index is 2.05. The maximum atomic E-state index is 11.4. The van der Waals surface area contributed by atoms with E-state index in [-0.39, 0.29) is 0 Å². The molecule has 3 atom stereocenters. The maximum absolute atomic E-state index is 11.4. The molecule has 14 heavy (non-hydrogen) atoms. The van der Waals surface area contributed by atoms with E-state index in [2.05, 4.69) is 4.72 Å². The first-order valence-corrected chi connectivity index (χ1v) is 7.01. The van der Waals surface area contributed by atoms with E-state index in [1.165, 1.54) is 6.42 Å². The second kappa shape index (κ2) is 6.77. The summed E-state index contributed by atoms with van der Waals surface area (Å²) in [7, 11) is -0.902. The van der Waals surface area contributed by atoms with Gasteiger partial charge in [0.1, 0.15) is 0 Å². The molecule has 1 fully saturated rings. The minimum Gasteiger partial charge on any atom is -0.328 e. The molecular formula is C9H19ClN2OS. The molecule has 0 saturated heterocycles. The average Bonchev–Trinajstić information content (AvgIpc) is 2.58. The molecule has 3 nitrogen and oxygen atoms in total. The van der Waals surface area contributed by atoms with E-state index in [4.69, 9.17) is 17.3 Å². The molecule has 0 aromatic carbocycles. The lowest BCUT2D eigenvalue weighted by Crippen LogP contribution is -2.26. The summed E-state index contributed by atoms with van der Waals surface area (Å²) in [5.74, 6) is 1.86. The van der Waals surface area contributed by atoms with Crippen LogP contribution in [0.3, 0.4) is 0 Å². The molecule has 5 heteroatoms. The summed E-state index contributed by atoms with van der Waals surface area (Å²) in [6.45, 7) is 0.836. The van der Waals surface area contributed by atoms with Crippen LogP contribution in [0.25, 0.3) is 0 Å². The molecular weight excluding hydrogens is 220 g/mol. The lowest BCUT2D eigenvalue weighted by molar-refractivity contribution is 0.528. The molecule has 3 N–H and O–H groups in total. The van der Waals surface area contributed by atoms with Crippen molar-refractivity contribution in [3.63, 3.8) is 0 Å². The Morgan fingerprint density at radius 3 is 2.86 bits per heavy atom. The van der Waals surface area contributed by atoms with E-state index in [0.29, 0.717) is 23.6 Å². The summed E-state index contributed by atoms with van der Waals surface area (Å²) in [4.78, 5) is 0. The number of nitrogens with two attached hydrogens (primary N) is 1. The van der Waals surface area contributed by atoms with Crippen LogP contribution in [0.2, 0.25) is 0 Å². The molecule has 1 aliphatic rings. The maximum Gasteiger partial charge on any atom is 0.0915 e. The van der Waals surface area contributed by atoms with Crippen LogP contribution in [0.15, 0.2) is 0 Å². The van der Waals surface area contributed by atoms with Gasteiger partial charge in [-0.25, -0.2) is 8.93 Å². The van der Waals surface area contributed by atoms with Gasteiger partial charge in [0.25, 0.3) is 0 Å². The van der Waals surface area contributed by atoms with Crippen LogP contribution in [-0.4, -0.2) is 28.4 Å². The molecule has 0 radical (unpaired) electrons. The van der Waals surface area contributed by atoms with Gasteiger partial charge in [-0.1, -0.05) is 0 Å². The van der Waals surface area contributed by atoms with E-state index in [0.717, 1.165) is 25.8 Å². The number of halogens is 1. The largest absolute Gasteiger partial charge is 0.328 e. The first-order chi connectivity index (χ1) is 6.72. The van der Waals surface area contributed by atoms with Gasteiger partial charge in [-0.05, 0) is 31.6 Å². The first kappa shape index (κ1) is 12.4. The highest BCUT2D eigenvalue weighted by Gasteiger charge is 2.21. The first-order valence-electron chi connectivity index (χ1n) is 5.15. The zero-order chi connectivity index (χ0) is 10.4. The van der Waals surface area contributed by atoms with Crippen LogP contribution in [0.4, 0.5) is 0 Å². The number of hydrogen-bond acceptors (Lipinski definition) is 2. The smallest absolute Gasteiger partial charge is 0.0915 e. The SMILES string of the molecule is NC1CCC(CNS(=O)CCCCl)C1. The Hall–Kier alpha value is 0.360. The summed E-state index contributed by atoms with van der Waals surface area (Å²) in [5.41, 5.74) is 5.79. The molecule has 1 rings (SSSR count). The van der Waals surface area contributed by atoms with Gasteiger partial charge in [-0.3, -0.25) is 0 Å². The fourth-order valence-electron chi connectivity index (χ4n) is 1.77. The number of alkyl halides is 1. The second-order valence-corrected chi connectivity index (χ2v) is 5.65. The average molecular weight is 239 g/mol. The van der Waals surface area contributed by atoms with Crippen molar-refractivity contribution in [2.24, 2.45) is 11.7 Å². The lowest BCUT2D eigenvalue weighted by Gasteiger charge is -2.09. The zero-order valence-electron chi connectivity index (χ0n) is 8.38. The van der Waals surface area contributed by atoms with Gasteiger partial charge < -0.3 is 5.73 Å². The van der Waals surface area contributed by atoms with Crippen LogP contribution in [0.5, 0.6) is 0 Å². The predicted molar refractivity (Wildman–Crippen MR) is 61.7 cm³/mol. The summed E-state index contributed by atoms with van der Waals surface area (Å²) >= 11 is 5.51. The van der Waals surface area contributed by atoms with Crippen molar-refractivity contribution in [2.45, 2.75) is 31.7 Å². The topological polar surface area (TPSA) is 55.1 Å². The van der Waals surface area contributed by atoms with Crippen molar-refractivity contribution in [1.29, 1.82) is 0 Å². The normalized spacial score (nSPS) is 29.3. The molecule has 1 saturated carbocycles. The summed E-state index contributed by atoms with van der Waals surface area (Å²) in [6, 6.07) is 0.359. The van der Waals surface area contributed by atoms with Crippen LogP contribution in [0.1, 0.15) is 25.7 Å². The van der Waals surface area contributed by atoms with E-state index < -0.39 is 11.0 Å². The fraction of sp³-hybridized carbons (Fsp3) is 1.00. The Morgan fingerprint density at radius 1 is 1.50 bits per heavy atom. The third-order valence-electron chi connectivity index (χ3n) is 2.58. The Bertz CT molecular complexity index is 192. The molecule has 3 unspecified atom stereocenters. The van der Waals surface area contributed by atoms with Crippen LogP contribution >= 0.6 is 11.6 Å². The van der Waals surface area contributed by atoms with E-state index in [1.54, 1.807) is 0 Å². The van der Waals surface area contributed by atoms with Crippen molar-refractivity contribution >= 4 is 22.6 Å². The minimum atomic E-state index is -0.902. The molecule has 0 aromatic rings. The highest BCUT2D eigenvalue weighted by molar-refractivity contribution is 7.83. The Kier molecular flexibility index (Phi) is 6.01. The number of nitrogens with one attached hydrogen (secondary N) is 1. The number of hydrogen-bond donors (Lipinski definition) is 2. The van der Waals surface area contributed by atoms with Crippen LogP contribution < -0.4 is 10.5 Å². The second-order valence-electron chi connectivity index (χ2n) is 3.88. The van der Waals surface area contributed by atoms with Gasteiger partial charge in [-0.15, -0.1) is 11.6 Å². The zero-order valence-corrected chi connectivity index (χ0v) is 9.95. The monoisotopic (exact) mass is 238 g/mol. The van der Waals surface area contributed by atoms with Gasteiger partial charge >= 0.3 is 0 Å². The Labute approximate surface area is 93.4 Å². The molecule has 0 aliphatic heterocycles. The molecule has 0 amide bonds. The van der Waals surface area contributed by atoms with Gasteiger partial charge in [0, 0.05) is 24.2 Å². The van der Waals surface area contributed by atoms with Crippen molar-refractivity contribution in [1.82, 2.24) is 4.72 Å². The summed E-state index contributed by atoms with van der Waals surface area (Å²) in [6.07, 6.45) is 4.16. The van der Waals surface area contributed by atoms with Crippen LogP contribution in [-0.2, 0) is 11.0 Å². The predicted octanol–water partition coefficient (Wildman–Crippen LogP) is 0.996. The quantitative estimate of drug-likeness (QED) is 0.679. The summed E-state index contributed by atoms with van der Waals surface area (Å²) < 4.78 is 14.4. The molecule has 84 valence electrons. The molecule has 0 spiro atoms. The highest BCUT2D eigenvalue weighted by Crippen LogP contribution is 2.23. The number of rotatable bonds is 6. The van der Waals surface area contributed by atoms with Gasteiger partial charge in [0.2, 0.25) is 0 Å². The molecule has 0 heterocycles. The van der Waals surface area contributed by atoms with Crippen molar-refractivity contribution in [3.05, 3.63) is 0 Å². The minimum absolute atomic E-state index is 0.359. The van der Waals surface area contributed by atoms with Crippen molar-refractivity contribution < 1.29 is 4.21 Å². The molecule has 0 aromatic heterocycles. The fourth-order valence-corrected chi connectivity index (χ4v) is 3.03. The van der Waals surface area contributed by atoms with Gasteiger partial charge in [0.15, 0.2) is 0 Å². The third kappa shape index (κ3) is 4.73. The third-order valence-corrected chi connectivity index (χ3v) is 3.99. The van der Waals surface area contributed by atoms with E-state index in [1.807, 2.05) is 0 Å².